The molecule has 4 aliphatic rings. The Bertz CT molecular complexity index is 3750. The number of hydrogen-bond acceptors (Lipinski definition) is 4. The maximum Gasteiger partial charge on any atom is 0.213 e. The predicted octanol–water partition coefficient (Wildman–Crippen LogP) is 17.0. The van der Waals surface area contributed by atoms with Crippen molar-refractivity contribution in [3.05, 3.63) is 167 Å². The molecule has 0 saturated heterocycles. The van der Waals surface area contributed by atoms with Gasteiger partial charge in [0, 0.05) is 49.8 Å². The van der Waals surface area contributed by atoms with Crippen LogP contribution in [0.2, 0.25) is 0 Å². The molecule has 7 aromatic carbocycles. The van der Waals surface area contributed by atoms with Gasteiger partial charge in [-0.05, 0) is 101 Å². The summed E-state index contributed by atoms with van der Waals surface area (Å²) in [5, 5.41) is 5.83. The summed E-state index contributed by atoms with van der Waals surface area (Å²) in [6.45, 7) is 19.2. The molecule has 66 heavy (non-hydrogen) atoms. The molecule has 1 fully saturated rings. The largest absolute Gasteiger partial charge is 0.454 e. The summed E-state index contributed by atoms with van der Waals surface area (Å²) in [4.78, 5) is 5.35. The van der Waals surface area contributed by atoms with E-state index in [4.69, 9.17) is 8.83 Å². The van der Waals surface area contributed by atoms with E-state index in [1.165, 1.54) is 90.9 Å². The van der Waals surface area contributed by atoms with Crippen molar-refractivity contribution in [2.75, 3.05) is 9.80 Å². The predicted molar refractivity (Wildman–Crippen MR) is 274 cm³/mol. The van der Waals surface area contributed by atoms with Crippen LogP contribution >= 0.6 is 0 Å². The smallest absolute Gasteiger partial charge is 0.213 e. The molecule has 6 heterocycles. The van der Waals surface area contributed by atoms with Crippen LogP contribution in [0.1, 0.15) is 120 Å². The van der Waals surface area contributed by atoms with Gasteiger partial charge in [0.1, 0.15) is 11.2 Å². The molecule has 14 rings (SSSR count). The van der Waals surface area contributed by atoms with Crippen LogP contribution in [0.4, 0.5) is 28.4 Å². The molecule has 3 aliphatic heterocycles. The summed E-state index contributed by atoms with van der Waals surface area (Å²) in [6.07, 6.45) is 4.72. The summed E-state index contributed by atoms with van der Waals surface area (Å²) in [7, 11) is 0. The first-order chi connectivity index (χ1) is 31.7. The van der Waals surface area contributed by atoms with Gasteiger partial charge in [0.25, 0.3) is 0 Å². The first-order valence-corrected chi connectivity index (χ1v) is 24.2. The molecule has 5 nitrogen and oxygen atoms in total. The average Bonchev–Trinajstić information content (AvgIpc) is 4.02. The van der Waals surface area contributed by atoms with Gasteiger partial charge in [0.2, 0.25) is 5.71 Å². The Morgan fingerprint density at radius 3 is 2.02 bits per heavy atom. The minimum atomic E-state index is -0.159. The SMILES string of the molecule is CC(C)(C)c1ccc2c(c1)N(c1cccc3c1oc1ccccc13)c1cc(N3c4ccc(C(C)(C)C)cc4C4(C)CCCCC34C)cc3c1C2c1cccc2c4c5ccccc5oc4n-3c12. The molecule has 0 amide bonds. The standard InChI is InChI=1S/C61H55N3O2/c1-58(2,3)35-26-28-45-44(31-35)60(7)29-13-14-30-61(60,8)64(45)37-33-48-54-49(34-37)63-55-42(20-15-21-43(55)53-41-18-10-12-24-51(41)66-57(53)63)52(54)40-27-25-36(59(4,5)6)32-47(40)62(48)46-22-16-19-39-38-17-9-11-23-50(38)65-56(39)46/h9-12,15-28,31-34,52H,13-14,29-30H2,1-8H3. The van der Waals surface area contributed by atoms with E-state index in [0.29, 0.717) is 0 Å². The molecule has 1 aliphatic carbocycles. The van der Waals surface area contributed by atoms with Gasteiger partial charge >= 0.3 is 0 Å². The number of furan rings is 2. The van der Waals surface area contributed by atoms with E-state index in [1.807, 2.05) is 0 Å². The Morgan fingerprint density at radius 1 is 0.545 bits per heavy atom. The molecule has 326 valence electrons. The number of fused-ring (bicyclic) bond motifs is 15. The van der Waals surface area contributed by atoms with Gasteiger partial charge < -0.3 is 18.6 Å². The molecule has 0 radical (unpaired) electrons. The summed E-state index contributed by atoms with van der Waals surface area (Å²) >= 11 is 0. The maximum atomic E-state index is 7.07. The third-order valence-electron chi connectivity index (χ3n) is 16.8. The van der Waals surface area contributed by atoms with Crippen LogP contribution in [-0.2, 0) is 16.2 Å². The van der Waals surface area contributed by atoms with E-state index in [9.17, 15) is 0 Å². The maximum absolute atomic E-state index is 7.07. The Kier molecular flexibility index (Phi) is 7.35. The second-order valence-corrected chi connectivity index (χ2v) is 22.4. The highest BCUT2D eigenvalue weighted by atomic mass is 16.3. The third-order valence-corrected chi connectivity index (χ3v) is 16.8. The van der Waals surface area contributed by atoms with Crippen molar-refractivity contribution in [1.82, 2.24) is 4.57 Å². The van der Waals surface area contributed by atoms with Crippen LogP contribution < -0.4 is 9.80 Å². The number of hydrogen-bond donors (Lipinski definition) is 0. The van der Waals surface area contributed by atoms with Crippen molar-refractivity contribution in [3.8, 4) is 5.69 Å². The monoisotopic (exact) mass is 861 g/mol. The normalized spacial score (nSPS) is 21.0. The topological polar surface area (TPSA) is 37.7 Å². The lowest BCUT2D eigenvalue weighted by molar-refractivity contribution is 0.195. The first-order valence-electron chi connectivity index (χ1n) is 24.2. The molecule has 3 aromatic heterocycles. The van der Waals surface area contributed by atoms with Gasteiger partial charge in [-0.15, -0.1) is 0 Å². The third kappa shape index (κ3) is 4.76. The van der Waals surface area contributed by atoms with E-state index in [1.54, 1.807) is 0 Å². The number of aromatic nitrogens is 1. The van der Waals surface area contributed by atoms with E-state index >= 15 is 0 Å². The van der Waals surface area contributed by atoms with Gasteiger partial charge in [-0.25, -0.2) is 0 Å². The minimum Gasteiger partial charge on any atom is -0.454 e. The number of para-hydroxylation sites is 4. The fourth-order valence-corrected chi connectivity index (χ4v) is 13.3. The van der Waals surface area contributed by atoms with Gasteiger partial charge in [-0.1, -0.05) is 152 Å². The molecular formula is C61H55N3O2. The molecular weight excluding hydrogens is 807 g/mol. The van der Waals surface area contributed by atoms with Crippen molar-refractivity contribution < 1.29 is 8.83 Å². The van der Waals surface area contributed by atoms with Crippen molar-refractivity contribution >= 4 is 83.3 Å². The molecule has 5 heteroatoms. The molecule has 0 N–H and O–H groups in total. The Balaban J connectivity index is 1.15. The van der Waals surface area contributed by atoms with Gasteiger partial charge in [0.05, 0.1) is 39.2 Å². The minimum absolute atomic E-state index is 0.0172. The van der Waals surface area contributed by atoms with E-state index in [-0.39, 0.29) is 27.7 Å². The second kappa shape index (κ2) is 12.6. The quantitative estimate of drug-likeness (QED) is 0.174. The summed E-state index contributed by atoms with van der Waals surface area (Å²) in [6, 6.07) is 50.5. The fourth-order valence-electron chi connectivity index (χ4n) is 13.3. The van der Waals surface area contributed by atoms with Crippen LogP contribution in [0.3, 0.4) is 0 Å². The number of nitrogens with zero attached hydrogens (tertiary/aromatic N) is 3. The highest BCUT2D eigenvalue weighted by Gasteiger charge is 2.58. The lowest BCUT2D eigenvalue weighted by Gasteiger charge is -2.51. The number of benzene rings is 7. The second-order valence-electron chi connectivity index (χ2n) is 22.4. The summed E-state index contributed by atoms with van der Waals surface area (Å²) < 4.78 is 16.5. The van der Waals surface area contributed by atoms with Gasteiger partial charge in [-0.3, -0.25) is 4.57 Å². The first kappa shape index (κ1) is 38.5. The van der Waals surface area contributed by atoms with Crippen molar-refractivity contribution in [1.29, 1.82) is 0 Å². The number of rotatable bonds is 2. The molecule has 0 bridgehead atoms. The molecule has 3 atom stereocenters. The van der Waals surface area contributed by atoms with Gasteiger partial charge in [0.15, 0.2) is 5.58 Å². The van der Waals surface area contributed by atoms with Crippen LogP contribution in [0.5, 0.6) is 0 Å². The van der Waals surface area contributed by atoms with E-state index in [0.717, 1.165) is 57.2 Å². The van der Waals surface area contributed by atoms with Gasteiger partial charge in [-0.2, -0.15) is 0 Å². The van der Waals surface area contributed by atoms with E-state index < -0.39 is 0 Å². The lowest BCUT2D eigenvalue weighted by Crippen LogP contribution is -2.54. The van der Waals surface area contributed by atoms with Crippen molar-refractivity contribution in [2.45, 2.75) is 109 Å². The van der Waals surface area contributed by atoms with Crippen LogP contribution in [0.15, 0.2) is 142 Å². The zero-order chi connectivity index (χ0) is 44.8. The fraction of sp³-hybridized carbons (Fsp3) is 0.279. The molecule has 1 saturated carbocycles. The van der Waals surface area contributed by atoms with E-state index in [2.05, 4.69) is 203 Å². The lowest BCUT2D eigenvalue weighted by atomic mass is 9.61. The summed E-state index contributed by atoms with van der Waals surface area (Å²) in [5.74, 6) is -0.0172. The van der Waals surface area contributed by atoms with Crippen LogP contribution in [-0.4, -0.2) is 10.1 Å². The Morgan fingerprint density at radius 2 is 1.21 bits per heavy atom. The van der Waals surface area contributed by atoms with Crippen LogP contribution in [0, 0.1) is 0 Å². The number of anilines is 5. The molecule has 3 unspecified atom stereocenters. The Hall–Kier alpha value is -6.72. The highest BCUT2D eigenvalue weighted by molar-refractivity contribution is 6.21. The zero-order valence-electron chi connectivity index (χ0n) is 39.3. The van der Waals surface area contributed by atoms with Crippen molar-refractivity contribution in [2.24, 2.45) is 0 Å². The molecule has 10 aromatic rings. The summed E-state index contributed by atoms with van der Waals surface area (Å²) in [5.41, 5.74) is 19.9. The highest BCUT2D eigenvalue weighted by Crippen LogP contribution is 2.65. The van der Waals surface area contributed by atoms with Crippen molar-refractivity contribution in [3.63, 3.8) is 0 Å². The zero-order valence-corrected chi connectivity index (χ0v) is 39.3. The average molecular weight is 862 g/mol. The van der Waals surface area contributed by atoms with Crippen LogP contribution in [0.25, 0.3) is 60.6 Å². The molecule has 0 spiro atoms. The Labute approximate surface area is 386 Å².